The molecular weight excluding hydrogens is 364 g/mol. The molecule has 0 aromatic carbocycles. The summed E-state index contributed by atoms with van der Waals surface area (Å²) >= 11 is 0. The van der Waals surface area contributed by atoms with Gasteiger partial charge in [-0.2, -0.15) is 0 Å². The summed E-state index contributed by atoms with van der Waals surface area (Å²) in [6.07, 6.45) is 3.76. The van der Waals surface area contributed by atoms with Crippen LogP contribution in [0.2, 0.25) is 0 Å². The minimum Gasteiger partial charge on any atom is -0.461 e. The van der Waals surface area contributed by atoms with Crippen LogP contribution in [0.15, 0.2) is 35.5 Å². The van der Waals surface area contributed by atoms with E-state index in [4.69, 9.17) is 14.2 Å². The van der Waals surface area contributed by atoms with Crippen LogP contribution in [0.3, 0.4) is 0 Å². The molecule has 0 bridgehead atoms. The predicted octanol–water partition coefficient (Wildman–Crippen LogP) is 2.24. The number of hydrogen-bond donors (Lipinski definition) is 1. The first kappa shape index (κ1) is 21.9. The Morgan fingerprint density at radius 2 is 2.11 bits per heavy atom. The third kappa shape index (κ3) is 5.55. The van der Waals surface area contributed by atoms with Gasteiger partial charge < -0.3 is 19.3 Å². The highest BCUT2D eigenvalue weighted by Gasteiger charge is 2.40. The zero-order valence-electron chi connectivity index (χ0n) is 16.6. The fourth-order valence-electron chi connectivity index (χ4n) is 3.26. The molecule has 2 rings (SSSR count). The second kappa shape index (κ2) is 9.68. The second-order valence-electron chi connectivity index (χ2n) is 7.40. The number of hydrogen-bond acceptors (Lipinski definition) is 7. The van der Waals surface area contributed by atoms with Gasteiger partial charge in [-0.15, -0.1) is 0 Å². The van der Waals surface area contributed by atoms with E-state index in [1.807, 2.05) is 6.08 Å². The van der Waals surface area contributed by atoms with E-state index in [-0.39, 0.29) is 31.5 Å². The monoisotopic (exact) mass is 392 g/mol. The van der Waals surface area contributed by atoms with Gasteiger partial charge in [-0.3, -0.25) is 9.59 Å². The van der Waals surface area contributed by atoms with Gasteiger partial charge in [0.1, 0.15) is 18.8 Å². The Morgan fingerprint density at radius 3 is 2.71 bits per heavy atom. The number of aliphatic hydroxyl groups excluding tert-OH is 1. The molecule has 1 fully saturated rings. The first-order valence-corrected chi connectivity index (χ1v) is 9.45. The Balaban J connectivity index is 2.33. The molecule has 1 aliphatic heterocycles. The molecule has 1 N–H and O–H groups in total. The van der Waals surface area contributed by atoms with Gasteiger partial charge in [0, 0.05) is 24.0 Å². The summed E-state index contributed by atoms with van der Waals surface area (Å²) in [7, 11) is 0. The Labute approximate surface area is 165 Å². The number of fused-ring (bicyclic) bond motifs is 1. The zero-order chi connectivity index (χ0) is 20.8. The van der Waals surface area contributed by atoms with E-state index >= 15 is 0 Å². The summed E-state index contributed by atoms with van der Waals surface area (Å²) in [5, 5.41) is 9.61. The maximum absolute atomic E-state index is 12.0. The van der Waals surface area contributed by atoms with Gasteiger partial charge in [0.15, 0.2) is 0 Å². The number of carbonyl (C=O) groups is 3. The van der Waals surface area contributed by atoms with Crippen LogP contribution < -0.4 is 0 Å². The van der Waals surface area contributed by atoms with Crippen molar-refractivity contribution in [3.8, 4) is 0 Å². The van der Waals surface area contributed by atoms with Crippen LogP contribution in [0, 0.1) is 11.8 Å². The average molecular weight is 392 g/mol. The highest BCUT2D eigenvalue weighted by atomic mass is 16.6. The predicted molar refractivity (Wildman–Crippen MR) is 101 cm³/mol. The first-order chi connectivity index (χ1) is 13.2. The van der Waals surface area contributed by atoms with Crippen molar-refractivity contribution in [1.82, 2.24) is 0 Å². The van der Waals surface area contributed by atoms with E-state index in [1.54, 1.807) is 19.9 Å². The number of aliphatic hydroxyl groups is 1. The Bertz CT molecular complexity index is 702. The summed E-state index contributed by atoms with van der Waals surface area (Å²) in [6.45, 7) is 8.45. The summed E-state index contributed by atoms with van der Waals surface area (Å²) in [5.74, 6) is -2.00. The van der Waals surface area contributed by atoms with Crippen LogP contribution in [0.25, 0.3) is 0 Å². The quantitative estimate of drug-likeness (QED) is 0.331. The fraction of sp³-hybridized carbons (Fsp3) is 0.571. The van der Waals surface area contributed by atoms with Crippen molar-refractivity contribution in [2.45, 2.75) is 52.2 Å². The van der Waals surface area contributed by atoms with Gasteiger partial charge in [-0.25, -0.2) is 4.79 Å². The van der Waals surface area contributed by atoms with E-state index in [0.29, 0.717) is 24.0 Å². The standard InChI is InChI=1S/C21H28O7/c1-12(2)20(24)26-11-16-7-5-6-15(10-22)8-19-17(13(3)21(25)28-19)9-18(16)27-14(4)23/h7-8,12,17-19,22H,3,5-6,9-11H2,1-2,4H3/b15-8-,16-7+/t17-,18-,19+/m0/s1. The van der Waals surface area contributed by atoms with Gasteiger partial charge >= 0.3 is 17.9 Å². The van der Waals surface area contributed by atoms with Crippen LogP contribution in [0.4, 0.5) is 0 Å². The second-order valence-corrected chi connectivity index (χ2v) is 7.40. The number of allylic oxidation sites excluding steroid dienone is 1. The molecule has 0 aromatic rings. The molecule has 7 nitrogen and oxygen atoms in total. The molecule has 154 valence electrons. The lowest BCUT2D eigenvalue weighted by Gasteiger charge is -2.26. The molecule has 1 saturated heterocycles. The third-order valence-electron chi connectivity index (χ3n) is 4.87. The Hall–Kier alpha value is -2.41. The molecule has 0 radical (unpaired) electrons. The maximum atomic E-state index is 12.0. The summed E-state index contributed by atoms with van der Waals surface area (Å²) in [4.78, 5) is 35.6. The minimum atomic E-state index is -0.666. The van der Waals surface area contributed by atoms with Crippen LogP contribution in [-0.4, -0.2) is 48.4 Å². The average Bonchev–Trinajstić information content (AvgIpc) is 2.89. The third-order valence-corrected chi connectivity index (χ3v) is 4.87. The van der Waals surface area contributed by atoms with Gasteiger partial charge in [-0.1, -0.05) is 26.5 Å². The molecule has 0 saturated carbocycles. The largest absolute Gasteiger partial charge is 0.461 e. The van der Waals surface area contributed by atoms with E-state index in [2.05, 4.69) is 6.58 Å². The first-order valence-electron chi connectivity index (χ1n) is 9.45. The van der Waals surface area contributed by atoms with Crippen molar-refractivity contribution < 1.29 is 33.7 Å². The molecule has 3 atom stereocenters. The fourth-order valence-corrected chi connectivity index (χ4v) is 3.26. The van der Waals surface area contributed by atoms with E-state index in [1.165, 1.54) is 6.92 Å². The summed E-state index contributed by atoms with van der Waals surface area (Å²) in [5.41, 5.74) is 1.70. The maximum Gasteiger partial charge on any atom is 0.334 e. The lowest BCUT2D eigenvalue weighted by Crippen LogP contribution is -2.29. The van der Waals surface area contributed by atoms with E-state index < -0.39 is 30.1 Å². The summed E-state index contributed by atoms with van der Waals surface area (Å²) < 4.78 is 16.2. The number of carbonyl (C=O) groups excluding carboxylic acids is 3. The van der Waals surface area contributed by atoms with E-state index in [0.717, 1.165) is 5.57 Å². The molecule has 28 heavy (non-hydrogen) atoms. The SMILES string of the molecule is C=C1C(=O)O[C@@H]2/C=C(\CO)CC/C=C(\COC(=O)C(C)C)[C@@H](OC(C)=O)C[C@@H]12. The lowest BCUT2D eigenvalue weighted by atomic mass is 9.86. The molecule has 0 aromatic heterocycles. The molecule has 2 aliphatic rings. The normalized spacial score (nSPS) is 29.1. The van der Waals surface area contributed by atoms with Gasteiger partial charge in [0.05, 0.1) is 12.5 Å². The van der Waals surface area contributed by atoms with Gasteiger partial charge in [0.25, 0.3) is 0 Å². The molecular formula is C21H28O7. The molecule has 0 amide bonds. The van der Waals surface area contributed by atoms with Crippen molar-refractivity contribution in [1.29, 1.82) is 0 Å². The van der Waals surface area contributed by atoms with Crippen molar-refractivity contribution >= 4 is 17.9 Å². The highest BCUT2D eigenvalue weighted by molar-refractivity contribution is 5.91. The van der Waals surface area contributed by atoms with Crippen LogP contribution in [0.5, 0.6) is 0 Å². The van der Waals surface area contributed by atoms with Gasteiger partial charge in [-0.05, 0) is 30.9 Å². The molecule has 7 heteroatoms. The Kier molecular flexibility index (Phi) is 7.57. The van der Waals surface area contributed by atoms with Crippen molar-refractivity contribution in [3.63, 3.8) is 0 Å². The molecule has 1 heterocycles. The van der Waals surface area contributed by atoms with Crippen LogP contribution in [0.1, 0.15) is 40.0 Å². The van der Waals surface area contributed by atoms with Gasteiger partial charge in [0.2, 0.25) is 0 Å². The topological polar surface area (TPSA) is 99.1 Å². The van der Waals surface area contributed by atoms with Crippen molar-refractivity contribution in [2.75, 3.05) is 13.2 Å². The van der Waals surface area contributed by atoms with E-state index in [9.17, 15) is 19.5 Å². The van der Waals surface area contributed by atoms with Crippen LogP contribution in [-0.2, 0) is 28.6 Å². The van der Waals surface area contributed by atoms with Crippen LogP contribution >= 0.6 is 0 Å². The highest BCUT2D eigenvalue weighted by Crippen LogP contribution is 2.35. The molecule has 0 spiro atoms. The van der Waals surface area contributed by atoms with Crippen molar-refractivity contribution in [3.05, 3.63) is 35.5 Å². The molecule has 1 aliphatic carbocycles. The smallest absolute Gasteiger partial charge is 0.334 e. The number of ether oxygens (including phenoxy) is 3. The minimum absolute atomic E-state index is 0.00814. The summed E-state index contributed by atoms with van der Waals surface area (Å²) in [6, 6.07) is 0. The zero-order valence-corrected chi connectivity index (χ0v) is 16.6. The Morgan fingerprint density at radius 1 is 1.39 bits per heavy atom. The number of esters is 3. The number of rotatable bonds is 5. The van der Waals surface area contributed by atoms with Crippen molar-refractivity contribution in [2.24, 2.45) is 11.8 Å². The molecule has 0 unspecified atom stereocenters. The lowest BCUT2D eigenvalue weighted by molar-refractivity contribution is -0.148.